The number of hydrogen-bond acceptors (Lipinski definition) is 4. The minimum atomic E-state index is -0.334. The van der Waals surface area contributed by atoms with Crippen LogP contribution in [0.25, 0.3) is 0 Å². The third-order valence-electron chi connectivity index (χ3n) is 4.17. The molecule has 1 fully saturated rings. The molecule has 1 aliphatic rings. The molecule has 1 saturated heterocycles. The van der Waals surface area contributed by atoms with Crippen LogP contribution in [0.1, 0.15) is 26.7 Å². The molecule has 0 atom stereocenters. The summed E-state index contributed by atoms with van der Waals surface area (Å²) in [5.74, 6) is -0.0439. The first-order valence-electron chi connectivity index (χ1n) is 7.99. The van der Waals surface area contributed by atoms with Gasteiger partial charge in [0, 0.05) is 31.9 Å². The van der Waals surface area contributed by atoms with Crippen molar-refractivity contribution >= 4 is 23.2 Å². The Kier molecular flexibility index (Phi) is 5.59. The second-order valence-electron chi connectivity index (χ2n) is 6.11. The Bertz CT molecular complexity index is 697. The number of hydrogen-bond donors (Lipinski definition) is 1. The molecule has 2 rings (SSSR count). The van der Waals surface area contributed by atoms with E-state index in [-0.39, 0.29) is 17.4 Å². The first-order chi connectivity index (χ1) is 11.4. The first kappa shape index (κ1) is 17.5. The largest absolute Gasteiger partial charge is 0.399 e. The smallest absolute Gasteiger partial charge is 0.266 e. The Morgan fingerprint density at radius 3 is 2.58 bits per heavy atom. The van der Waals surface area contributed by atoms with Crippen LogP contribution in [0.4, 0.5) is 11.4 Å². The number of likely N-dealkylation sites (tertiary alicyclic amines) is 1. The maximum Gasteiger partial charge on any atom is 0.266 e. The highest BCUT2D eigenvalue weighted by Crippen LogP contribution is 2.21. The molecule has 6 nitrogen and oxygen atoms in total. The van der Waals surface area contributed by atoms with Gasteiger partial charge in [0.05, 0.1) is 5.69 Å². The average molecular weight is 326 g/mol. The van der Waals surface area contributed by atoms with Gasteiger partial charge in [-0.1, -0.05) is 13.0 Å². The maximum atomic E-state index is 12.6. The molecular weight excluding hydrogens is 304 g/mol. The van der Waals surface area contributed by atoms with E-state index in [9.17, 15) is 14.9 Å². The molecule has 1 heterocycles. The summed E-state index contributed by atoms with van der Waals surface area (Å²) in [4.78, 5) is 27.5. The number of nitriles is 1. The number of piperidine rings is 1. The quantitative estimate of drug-likeness (QED) is 0.524. The van der Waals surface area contributed by atoms with Crippen molar-refractivity contribution in [1.82, 2.24) is 4.90 Å². The van der Waals surface area contributed by atoms with Crippen molar-refractivity contribution in [3.8, 4) is 6.07 Å². The van der Waals surface area contributed by atoms with Crippen LogP contribution >= 0.6 is 0 Å². The molecule has 2 N–H and O–H groups in total. The van der Waals surface area contributed by atoms with Gasteiger partial charge in [-0.3, -0.25) is 14.5 Å². The van der Waals surface area contributed by atoms with Gasteiger partial charge in [0.15, 0.2) is 0 Å². The molecule has 0 bridgehead atoms. The fourth-order valence-electron chi connectivity index (χ4n) is 2.66. The van der Waals surface area contributed by atoms with Gasteiger partial charge in [0.2, 0.25) is 5.91 Å². The van der Waals surface area contributed by atoms with Crippen LogP contribution in [0.5, 0.6) is 0 Å². The zero-order chi connectivity index (χ0) is 17.7. The minimum absolute atomic E-state index is 0.0535. The fraction of sp³-hybridized carbons (Fsp3) is 0.389. The lowest BCUT2D eigenvalue weighted by Gasteiger charge is -2.30. The Balaban J connectivity index is 2.27. The molecule has 2 amide bonds. The van der Waals surface area contributed by atoms with Crippen molar-refractivity contribution in [1.29, 1.82) is 5.26 Å². The molecule has 1 aromatic carbocycles. The summed E-state index contributed by atoms with van der Waals surface area (Å²) in [7, 11) is 0. The van der Waals surface area contributed by atoms with Crippen molar-refractivity contribution in [3.63, 3.8) is 0 Å². The summed E-state index contributed by atoms with van der Waals surface area (Å²) >= 11 is 0. The number of amides is 2. The Hall–Kier alpha value is -2.81. The van der Waals surface area contributed by atoms with Gasteiger partial charge in [-0.05, 0) is 37.0 Å². The third kappa shape index (κ3) is 4.13. The van der Waals surface area contributed by atoms with Crippen molar-refractivity contribution in [2.45, 2.75) is 26.7 Å². The Morgan fingerprint density at radius 1 is 1.38 bits per heavy atom. The van der Waals surface area contributed by atoms with E-state index in [2.05, 4.69) is 6.92 Å². The zero-order valence-corrected chi connectivity index (χ0v) is 14.0. The minimum Gasteiger partial charge on any atom is -0.399 e. The van der Waals surface area contributed by atoms with E-state index < -0.39 is 0 Å². The SMILES string of the molecule is CC(=O)N(/C=C(/C#N)C(=O)N1CCC(C)CC1)c1cccc(N)c1. The van der Waals surface area contributed by atoms with Crippen molar-refractivity contribution < 1.29 is 9.59 Å². The van der Waals surface area contributed by atoms with Crippen molar-refractivity contribution in [2.24, 2.45) is 5.92 Å². The van der Waals surface area contributed by atoms with Crippen LogP contribution in [0, 0.1) is 17.2 Å². The van der Waals surface area contributed by atoms with Gasteiger partial charge in [0.1, 0.15) is 11.6 Å². The van der Waals surface area contributed by atoms with Crippen LogP contribution < -0.4 is 10.6 Å². The summed E-state index contributed by atoms with van der Waals surface area (Å²) in [6, 6.07) is 8.68. The number of nitrogens with zero attached hydrogens (tertiary/aromatic N) is 3. The van der Waals surface area contributed by atoms with Crippen LogP contribution in [0.3, 0.4) is 0 Å². The normalized spacial score (nSPS) is 15.7. The van der Waals surface area contributed by atoms with Crippen LogP contribution in [0.15, 0.2) is 36.0 Å². The molecule has 1 aromatic rings. The average Bonchev–Trinajstić information content (AvgIpc) is 2.55. The topological polar surface area (TPSA) is 90.4 Å². The third-order valence-corrected chi connectivity index (χ3v) is 4.17. The van der Waals surface area contributed by atoms with Gasteiger partial charge >= 0.3 is 0 Å². The monoisotopic (exact) mass is 326 g/mol. The Labute approximate surface area is 142 Å². The maximum absolute atomic E-state index is 12.6. The second kappa shape index (κ2) is 7.64. The van der Waals surface area contributed by atoms with E-state index in [0.29, 0.717) is 30.4 Å². The first-order valence-corrected chi connectivity index (χ1v) is 7.99. The molecule has 0 spiro atoms. The lowest BCUT2D eigenvalue weighted by molar-refractivity contribution is -0.128. The standard InChI is InChI=1S/C18H22N4O2/c1-13-6-8-21(9-7-13)18(24)15(11-19)12-22(14(2)23)17-5-3-4-16(20)10-17/h3-5,10,12-13H,6-9,20H2,1-2H3/b15-12-. The van der Waals surface area contributed by atoms with E-state index in [1.807, 2.05) is 6.07 Å². The molecule has 0 aromatic heterocycles. The van der Waals surface area contributed by atoms with Gasteiger partial charge in [-0.25, -0.2) is 0 Å². The second-order valence-corrected chi connectivity index (χ2v) is 6.11. The summed E-state index contributed by atoms with van der Waals surface area (Å²) < 4.78 is 0. The number of carbonyl (C=O) groups is 2. The highest BCUT2D eigenvalue weighted by molar-refractivity contribution is 6.01. The van der Waals surface area contributed by atoms with E-state index >= 15 is 0 Å². The van der Waals surface area contributed by atoms with Crippen LogP contribution in [0.2, 0.25) is 0 Å². The van der Waals surface area contributed by atoms with Crippen LogP contribution in [-0.2, 0) is 9.59 Å². The number of nitrogen functional groups attached to an aromatic ring is 1. The van der Waals surface area contributed by atoms with Gasteiger partial charge in [-0.15, -0.1) is 0 Å². The molecule has 0 unspecified atom stereocenters. The zero-order valence-electron chi connectivity index (χ0n) is 14.0. The molecule has 6 heteroatoms. The van der Waals surface area contributed by atoms with Crippen LogP contribution in [-0.4, -0.2) is 29.8 Å². The molecule has 126 valence electrons. The number of benzene rings is 1. The molecular formula is C18H22N4O2. The number of nitrogens with two attached hydrogens (primary N) is 1. The summed E-state index contributed by atoms with van der Waals surface area (Å²) in [5.41, 5.74) is 6.72. The predicted molar refractivity (Wildman–Crippen MR) is 92.7 cm³/mol. The van der Waals surface area contributed by atoms with E-state index in [4.69, 9.17) is 5.73 Å². The lowest BCUT2D eigenvalue weighted by Crippen LogP contribution is -2.39. The summed E-state index contributed by atoms with van der Waals surface area (Å²) in [5, 5.41) is 9.38. The van der Waals surface area contributed by atoms with Gasteiger partial charge < -0.3 is 10.6 Å². The highest BCUT2D eigenvalue weighted by atomic mass is 16.2. The highest BCUT2D eigenvalue weighted by Gasteiger charge is 2.24. The van der Waals surface area contributed by atoms with Gasteiger partial charge in [-0.2, -0.15) is 5.26 Å². The predicted octanol–water partition coefficient (Wildman–Crippen LogP) is 2.29. The van der Waals surface area contributed by atoms with Crippen molar-refractivity contribution in [3.05, 3.63) is 36.0 Å². The number of anilines is 2. The Morgan fingerprint density at radius 2 is 2.04 bits per heavy atom. The fourth-order valence-corrected chi connectivity index (χ4v) is 2.66. The summed E-state index contributed by atoms with van der Waals surface area (Å²) in [6.45, 7) is 4.80. The molecule has 24 heavy (non-hydrogen) atoms. The van der Waals surface area contributed by atoms with E-state index in [1.54, 1.807) is 29.2 Å². The lowest BCUT2D eigenvalue weighted by atomic mass is 9.99. The number of rotatable bonds is 3. The number of carbonyl (C=O) groups excluding carboxylic acids is 2. The van der Waals surface area contributed by atoms with Crippen molar-refractivity contribution in [2.75, 3.05) is 23.7 Å². The molecule has 0 aliphatic carbocycles. The molecule has 0 saturated carbocycles. The van der Waals surface area contributed by atoms with Gasteiger partial charge in [0.25, 0.3) is 5.91 Å². The molecule has 0 radical (unpaired) electrons. The van der Waals surface area contributed by atoms with E-state index in [1.165, 1.54) is 18.0 Å². The molecule has 1 aliphatic heterocycles. The van der Waals surface area contributed by atoms with E-state index in [0.717, 1.165) is 12.8 Å². The summed E-state index contributed by atoms with van der Waals surface area (Å²) in [6.07, 6.45) is 3.16.